The molecular weight excluding hydrogens is 366 g/mol. The average molecular weight is 391 g/mol. The molecule has 2 N–H and O–H groups in total. The number of anilines is 2. The van der Waals surface area contributed by atoms with Gasteiger partial charge in [0.15, 0.2) is 11.5 Å². The maximum atomic E-state index is 12.6. The van der Waals surface area contributed by atoms with E-state index in [0.29, 0.717) is 22.7 Å². The van der Waals surface area contributed by atoms with Crippen LogP contribution in [-0.4, -0.2) is 31.7 Å². The summed E-state index contributed by atoms with van der Waals surface area (Å²) in [4.78, 5) is 16.8. The van der Waals surface area contributed by atoms with Crippen LogP contribution in [0.3, 0.4) is 0 Å². The van der Waals surface area contributed by atoms with Crippen molar-refractivity contribution in [1.82, 2.24) is 4.98 Å². The molecule has 1 heterocycles. The van der Waals surface area contributed by atoms with Crippen LogP contribution < -0.4 is 20.1 Å². The Kier molecular flexibility index (Phi) is 7.05. The van der Waals surface area contributed by atoms with E-state index in [1.54, 1.807) is 50.9 Å². The summed E-state index contributed by atoms with van der Waals surface area (Å²) < 4.78 is 10.5. The third-order valence-electron chi connectivity index (χ3n) is 4.46. The SMILES string of the molecule is COc1ccc(NC(=O)c2cncc(NCCCc3ccccc3)c2)cc1OC. The number of aromatic nitrogens is 1. The molecule has 1 aromatic heterocycles. The number of amides is 1. The molecule has 6 heteroatoms. The van der Waals surface area contributed by atoms with Gasteiger partial charge < -0.3 is 20.1 Å². The first-order chi connectivity index (χ1) is 14.2. The number of hydrogen-bond acceptors (Lipinski definition) is 5. The molecule has 3 aromatic rings. The summed E-state index contributed by atoms with van der Waals surface area (Å²) in [6.45, 7) is 0.803. The summed E-state index contributed by atoms with van der Waals surface area (Å²) in [6, 6.07) is 17.4. The Labute approximate surface area is 170 Å². The van der Waals surface area contributed by atoms with E-state index in [1.165, 1.54) is 5.56 Å². The van der Waals surface area contributed by atoms with Crippen LogP contribution in [0.15, 0.2) is 67.0 Å². The van der Waals surface area contributed by atoms with E-state index < -0.39 is 0 Å². The van der Waals surface area contributed by atoms with E-state index in [1.807, 2.05) is 18.2 Å². The maximum Gasteiger partial charge on any atom is 0.257 e. The predicted octanol–water partition coefficient (Wildman–Crippen LogP) is 4.40. The lowest BCUT2D eigenvalue weighted by Gasteiger charge is -2.11. The van der Waals surface area contributed by atoms with Gasteiger partial charge in [0.05, 0.1) is 25.5 Å². The minimum absolute atomic E-state index is 0.238. The van der Waals surface area contributed by atoms with Crippen molar-refractivity contribution in [1.29, 1.82) is 0 Å². The van der Waals surface area contributed by atoms with Crippen molar-refractivity contribution >= 4 is 17.3 Å². The van der Waals surface area contributed by atoms with Crippen LogP contribution in [0, 0.1) is 0 Å². The average Bonchev–Trinajstić information content (AvgIpc) is 2.77. The second-order valence-corrected chi connectivity index (χ2v) is 6.50. The Morgan fingerprint density at radius 1 is 0.931 bits per heavy atom. The number of hydrogen-bond donors (Lipinski definition) is 2. The molecule has 3 rings (SSSR count). The summed E-state index contributed by atoms with van der Waals surface area (Å²) in [5.74, 6) is 0.920. The number of benzene rings is 2. The molecule has 0 aliphatic rings. The van der Waals surface area contributed by atoms with E-state index in [-0.39, 0.29) is 5.91 Å². The first kappa shape index (κ1) is 20.2. The van der Waals surface area contributed by atoms with Gasteiger partial charge in [-0.25, -0.2) is 0 Å². The lowest BCUT2D eigenvalue weighted by molar-refractivity contribution is 0.102. The Morgan fingerprint density at radius 2 is 1.72 bits per heavy atom. The van der Waals surface area contributed by atoms with Gasteiger partial charge in [0.2, 0.25) is 0 Å². The van der Waals surface area contributed by atoms with E-state index in [4.69, 9.17) is 9.47 Å². The molecule has 0 unspecified atom stereocenters. The number of nitrogens with one attached hydrogen (secondary N) is 2. The summed E-state index contributed by atoms with van der Waals surface area (Å²) in [6.07, 6.45) is 5.26. The highest BCUT2D eigenvalue weighted by Gasteiger charge is 2.10. The third kappa shape index (κ3) is 5.72. The fraction of sp³-hybridized carbons (Fsp3) is 0.217. The molecule has 0 spiro atoms. The van der Waals surface area contributed by atoms with Crippen LogP contribution in [0.2, 0.25) is 0 Å². The third-order valence-corrected chi connectivity index (χ3v) is 4.46. The molecule has 0 fully saturated rings. The molecule has 1 amide bonds. The van der Waals surface area contributed by atoms with Gasteiger partial charge in [-0.2, -0.15) is 0 Å². The number of nitrogens with zero attached hydrogens (tertiary/aromatic N) is 1. The topological polar surface area (TPSA) is 72.5 Å². The second-order valence-electron chi connectivity index (χ2n) is 6.50. The van der Waals surface area contributed by atoms with Crippen molar-refractivity contribution in [3.05, 3.63) is 78.1 Å². The van der Waals surface area contributed by atoms with Gasteiger partial charge in [0, 0.05) is 30.7 Å². The van der Waals surface area contributed by atoms with E-state index >= 15 is 0 Å². The molecular formula is C23H25N3O3. The molecule has 0 saturated carbocycles. The van der Waals surface area contributed by atoms with Crippen molar-refractivity contribution in [2.45, 2.75) is 12.8 Å². The van der Waals surface area contributed by atoms with Gasteiger partial charge in [-0.05, 0) is 36.6 Å². The standard InChI is InChI=1S/C23H25N3O3/c1-28-21-11-10-19(14-22(21)29-2)26-23(27)18-13-20(16-24-15-18)25-12-6-9-17-7-4-3-5-8-17/h3-5,7-8,10-11,13-16,25H,6,9,12H2,1-2H3,(H,26,27). The van der Waals surface area contributed by atoms with Gasteiger partial charge in [-0.1, -0.05) is 30.3 Å². The minimum Gasteiger partial charge on any atom is -0.493 e. The second kappa shape index (κ2) is 10.1. The Bertz CT molecular complexity index is 945. The highest BCUT2D eigenvalue weighted by Crippen LogP contribution is 2.29. The van der Waals surface area contributed by atoms with Crippen LogP contribution in [0.1, 0.15) is 22.3 Å². The number of methoxy groups -OCH3 is 2. The number of carbonyl (C=O) groups excluding carboxylic acids is 1. The van der Waals surface area contributed by atoms with Crippen molar-refractivity contribution in [2.24, 2.45) is 0 Å². The summed E-state index contributed by atoms with van der Waals surface area (Å²) in [5.41, 5.74) is 3.23. The zero-order valence-electron chi connectivity index (χ0n) is 16.6. The number of rotatable bonds is 9. The van der Waals surface area contributed by atoms with Gasteiger partial charge in [0.25, 0.3) is 5.91 Å². The zero-order chi connectivity index (χ0) is 20.5. The van der Waals surface area contributed by atoms with Gasteiger partial charge >= 0.3 is 0 Å². The molecule has 0 atom stereocenters. The van der Waals surface area contributed by atoms with E-state index in [0.717, 1.165) is 25.1 Å². The van der Waals surface area contributed by atoms with Gasteiger partial charge in [-0.15, -0.1) is 0 Å². The number of aryl methyl sites for hydroxylation is 1. The van der Waals surface area contributed by atoms with E-state index in [2.05, 4.69) is 27.8 Å². The first-order valence-electron chi connectivity index (χ1n) is 9.46. The molecule has 0 bridgehead atoms. The normalized spacial score (nSPS) is 10.3. The lowest BCUT2D eigenvalue weighted by Crippen LogP contribution is -2.13. The Balaban J connectivity index is 1.56. The van der Waals surface area contributed by atoms with Crippen LogP contribution in [0.5, 0.6) is 11.5 Å². The molecule has 0 aliphatic heterocycles. The number of carbonyl (C=O) groups is 1. The van der Waals surface area contributed by atoms with Gasteiger partial charge in [0.1, 0.15) is 0 Å². The zero-order valence-corrected chi connectivity index (χ0v) is 16.6. The Morgan fingerprint density at radius 3 is 2.48 bits per heavy atom. The van der Waals surface area contributed by atoms with E-state index in [9.17, 15) is 4.79 Å². The molecule has 6 nitrogen and oxygen atoms in total. The fourth-order valence-electron chi connectivity index (χ4n) is 2.95. The van der Waals surface area contributed by atoms with Crippen LogP contribution in [0.4, 0.5) is 11.4 Å². The number of pyridine rings is 1. The van der Waals surface area contributed by atoms with Crippen LogP contribution in [0.25, 0.3) is 0 Å². The van der Waals surface area contributed by atoms with Crippen molar-refractivity contribution < 1.29 is 14.3 Å². The fourth-order valence-corrected chi connectivity index (χ4v) is 2.95. The largest absolute Gasteiger partial charge is 0.493 e. The monoisotopic (exact) mass is 391 g/mol. The van der Waals surface area contributed by atoms with Crippen molar-refractivity contribution in [3.8, 4) is 11.5 Å². The minimum atomic E-state index is -0.238. The molecule has 0 saturated heterocycles. The highest BCUT2D eigenvalue weighted by molar-refractivity contribution is 6.04. The molecule has 0 aliphatic carbocycles. The highest BCUT2D eigenvalue weighted by atomic mass is 16.5. The summed E-state index contributed by atoms with van der Waals surface area (Å²) in [7, 11) is 3.13. The first-order valence-corrected chi connectivity index (χ1v) is 9.46. The summed E-state index contributed by atoms with van der Waals surface area (Å²) >= 11 is 0. The Hall–Kier alpha value is -3.54. The van der Waals surface area contributed by atoms with Crippen molar-refractivity contribution in [2.75, 3.05) is 31.4 Å². The molecule has 150 valence electrons. The molecule has 0 radical (unpaired) electrons. The van der Waals surface area contributed by atoms with Gasteiger partial charge in [-0.3, -0.25) is 9.78 Å². The number of ether oxygens (including phenoxy) is 2. The quantitative estimate of drug-likeness (QED) is 0.529. The molecule has 29 heavy (non-hydrogen) atoms. The van der Waals surface area contributed by atoms with Crippen molar-refractivity contribution in [3.63, 3.8) is 0 Å². The smallest absolute Gasteiger partial charge is 0.257 e. The molecule has 2 aromatic carbocycles. The lowest BCUT2D eigenvalue weighted by atomic mass is 10.1. The van der Waals surface area contributed by atoms with Crippen LogP contribution >= 0.6 is 0 Å². The summed E-state index contributed by atoms with van der Waals surface area (Å²) in [5, 5.41) is 6.19. The maximum absolute atomic E-state index is 12.6. The predicted molar refractivity (Wildman–Crippen MR) is 115 cm³/mol. The van der Waals surface area contributed by atoms with Crippen LogP contribution in [-0.2, 0) is 6.42 Å².